The summed E-state index contributed by atoms with van der Waals surface area (Å²) in [6.07, 6.45) is -0.843. The van der Waals surface area contributed by atoms with E-state index in [9.17, 15) is 18.0 Å². The zero-order valence-electron chi connectivity index (χ0n) is 13.1. The number of hydrogen-bond acceptors (Lipinski definition) is 3. The van der Waals surface area contributed by atoms with Gasteiger partial charge in [-0.05, 0) is 31.7 Å². The van der Waals surface area contributed by atoms with Gasteiger partial charge < -0.3 is 15.0 Å². The zero-order valence-corrected chi connectivity index (χ0v) is 13.1. The smallest absolute Gasteiger partial charge is 0.422 e. The van der Waals surface area contributed by atoms with Crippen molar-refractivity contribution in [3.8, 4) is 5.88 Å². The first-order valence-corrected chi connectivity index (χ1v) is 7.42. The molecule has 1 heterocycles. The molecule has 1 aliphatic carbocycles. The van der Waals surface area contributed by atoms with Gasteiger partial charge in [-0.3, -0.25) is 0 Å². The SMILES string of the molecule is CC(C1CC1)N(C)C(=O)NCc1cccnc1OCC(F)(F)F. The number of nitrogens with zero attached hydrogens (tertiary/aromatic N) is 2. The van der Waals surface area contributed by atoms with Gasteiger partial charge >= 0.3 is 12.2 Å². The first-order valence-electron chi connectivity index (χ1n) is 7.42. The van der Waals surface area contributed by atoms with Crippen molar-refractivity contribution in [2.75, 3.05) is 13.7 Å². The minimum absolute atomic E-state index is 0.0571. The third-order valence-electron chi connectivity index (χ3n) is 3.89. The zero-order chi connectivity index (χ0) is 17.0. The second kappa shape index (κ2) is 7.06. The molecule has 1 fully saturated rings. The Bertz CT molecular complexity index is 547. The normalized spacial score (nSPS) is 15.9. The molecule has 23 heavy (non-hydrogen) atoms. The highest BCUT2D eigenvalue weighted by Crippen LogP contribution is 2.34. The minimum Gasteiger partial charge on any atom is -0.468 e. The Morgan fingerprint density at radius 3 is 2.83 bits per heavy atom. The van der Waals surface area contributed by atoms with Crippen LogP contribution in [0, 0.1) is 5.92 Å². The quantitative estimate of drug-likeness (QED) is 0.872. The van der Waals surface area contributed by atoms with E-state index in [0.29, 0.717) is 11.5 Å². The predicted molar refractivity (Wildman–Crippen MR) is 78.0 cm³/mol. The molecule has 0 radical (unpaired) electrons. The molecule has 5 nitrogen and oxygen atoms in total. The van der Waals surface area contributed by atoms with E-state index in [0.717, 1.165) is 12.8 Å². The number of ether oxygens (including phenoxy) is 1. The lowest BCUT2D eigenvalue weighted by molar-refractivity contribution is -0.154. The van der Waals surface area contributed by atoms with Gasteiger partial charge in [-0.15, -0.1) is 0 Å². The number of hydrogen-bond donors (Lipinski definition) is 1. The third-order valence-corrected chi connectivity index (χ3v) is 3.89. The van der Waals surface area contributed by atoms with Gasteiger partial charge in [0, 0.05) is 31.4 Å². The molecule has 2 rings (SSSR count). The van der Waals surface area contributed by atoms with E-state index in [-0.39, 0.29) is 24.5 Å². The van der Waals surface area contributed by atoms with Crippen LogP contribution >= 0.6 is 0 Å². The molecular weight excluding hydrogens is 311 g/mol. The van der Waals surface area contributed by atoms with E-state index in [2.05, 4.69) is 15.0 Å². The average Bonchev–Trinajstić information content (AvgIpc) is 3.33. The molecular formula is C15H20F3N3O2. The first-order chi connectivity index (χ1) is 10.8. The van der Waals surface area contributed by atoms with Crippen LogP contribution in [0.25, 0.3) is 0 Å². The number of nitrogens with one attached hydrogen (secondary N) is 1. The molecule has 0 aliphatic heterocycles. The third kappa shape index (κ3) is 5.30. The maximum atomic E-state index is 12.2. The highest BCUT2D eigenvalue weighted by Gasteiger charge is 2.32. The molecule has 2 amide bonds. The van der Waals surface area contributed by atoms with Crippen molar-refractivity contribution in [3.63, 3.8) is 0 Å². The number of pyridine rings is 1. The number of aromatic nitrogens is 1. The van der Waals surface area contributed by atoms with E-state index in [1.165, 1.54) is 6.20 Å². The fourth-order valence-corrected chi connectivity index (χ4v) is 2.21. The summed E-state index contributed by atoms with van der Waals surface area (Å²) in [5.41, 5.74) is 0.401. The molecule has 0 spiro atoms. The number of alkyl halides is 3. The average molecular weight is 331 g/mol. The summed E-state index contributed by atoms with van der Waals surface area (Å²) in [5, 5.41) is 2.69. The maximum absolute atomic E-state index is 12.2. The molecule has 1 atom stereocenters. The number of carbonyl (C=O) groups is 1. The molecule has 8 heteroatoms. The number of rotatable bonds is 6. The van der Waals surface area contributed by atoms with Crippen LogP contribution in [0.4, 0.5) is 18.0 Å². The van der Waals surface area contributed by atoms with Crippen LogP contribution in [0.1, 0.15) is 25.3 Å². The van der Waals surface area contributed by atoms with E-state index in [1.807, 2.05) is 6.92 Å². The summed E-state index contributed by atoms with van der Waals surface area (Å²) in [5.74, 6) is 0.415. The molecule has 0 aromatic carbocycles. The van der Waals surface area contributed by atoms with Crippen molar-refractivity contribution in [1.82, 2.24) is 15.2 Å². The molecule has 0 bridgehead atoms. The van der Waals surface area contributed by atoms with Crippen molar-refractivity contribution in [3.05, 3.63) is 23.9 Å². The van der Waals surface area contributed by atoms with Crippen LogP contribution in [-0.2, 0) is 6.54 Å². The van der Waals surface area contributed by atoms with E-state index >= 15 is 0 Å². The van der Waals surface area contributed by atoms with Crippen LogP contribution in [0.3, 0.4) is 0 Å². The van der Waals surface area contributed by atoms with Crippen LogP contribution < -0.4 is 10.1 Å². The van der Waals surface area contributed by atoms with Gasteiger partial charge in [0.15, 0.2) is 6.61 Å². The highest BCUT2D eigenvalue weighted by atomic mass is 19.4. The monoisotopic (exact) mass is 331 g/mol. The number of amides is 2. The van der Waals surface area contributed by atoms with Gasteiger partial charge in [0.25, 0.3) is 0 Å². The van der Waals surface area contributed by atoms with Crippen LogP contribution in [0.15, 0.2) is 18.3 Å². The summed E-state index contributed by atoms with van der Waals surface area (Å²) in [7, 11) is 1.71. The summed E-state index contributed by atoms with van der Waals surface area (Å²) < 4.78 is 41.4. The van der Waals surface area contributed by atoms with Crippen molar-refractivity contribution >= 4 is 6.03 Å². The summed E-state index contributed by atoms with van der Waals surface area (Å²) in [4.78, 5) is 17.5. The molecule has 128 valence electrons. The van der Waals surface area contributed by atoms with E-state index in [1.54, 1.807) is 24.1 Å². The number of urea groups is 1. The van der Waals surface area contributed by atoms with E-state index < -0.39 is 12.8 Å². The summed E-state index contributed by atoms with van der Waals surface area (Å²) >= 11 is 0. The maximum Gasteiger partial charge on any atom is 0.422 e. The van der Waals surface area contributed by atoms with Gasteiger partial charge in [0.2, 0.25) is 5.88 Å². The highest BCUT2D eigenvalue weighted by molar-refractivity contribution is 5.74. The van der Waals surface area contributed by atoms with Crippen molar-refractivity contribution in [2.45, 2.75) is 38.5 Å². The molecule has 1 aromatic heterocycles. The summed E-state index contributed by atoms with van der Waals surface area (Å²) in [6, 6.07) is 3.03. The topological polar surface area (TPSA) is 54.5 Å². The first kappa shape index (κ1) is 17.4. The fourth-order valence-electron chi connectivity index (χ4n) is 2.21. The number of halogens is 3. The van der Waals surface area contributed by atoms with Crippen LogP contribution in [0.2, 0.25) is 0 Å². The molecule has 1 aromatic rings. The van der Waals surface area contributed by atoms with Crippen LogP contribution in [-0.4, -0.2) is 41.8 Å². The Balaban J connectivity index is 1.90. The summed E-state index contributed by atoms with van der Waals surface area (Å²) in [6.45, 7) is 0.629. The lowest BCUT2D eigenvalue weighted by Gasteiger charge is -2.25. The van der Waals surface area contributed by atoms with Gasteiger partial charge in [0.05, 0.1) is 0 Å². The van der Waals surface area contributed by atoms with Crippen molar-refractivity contribution in [1.29, 1.82) is 0 Å². The molecule has 1 N–H and O–H groups in total. The Morgan fingerprint density at radius 1 is 1.52 bits per heavy atom. The minimum atomic E-state index is -4.43. The van der Waals surface area contributed by atoms with Gasteiger partial charge in [0.1, 0.15) is 0 Å². The van der Waals surface area contributed by atoms with Crippen molar-refractivity contribution in [2.24, 2.45) is 5.92 Å². The lowest BCUT2D eigenvalue weighted by Crippen LogP contribution is -2.43. The molecule has 1 aliphatic rings. The molecule has 1 saturated carbocycles. The Morgan fingerprint density at radius 2 is 2.22 bits per heavy atom. The largest absolute Gasteiger partial charge is 0.468 e. The van der Waals surface area contributed by atoms with Gasteiger partial charge in [-0.1, -0.05) is 6.07 Å². The standard InChI is InChI=1S/C15H20F3N3O2/c1-10(11-5-6-11)21(2)14(22)20-8-12-4-3-7-19-13(12)23-9-15(16,17)18/h3-4,7,10-11H,5-6,8-9H2,1-2H3,(H,20,22). The second-order valence-electron chi connectivity index (χ2n) is 5.72. The Labute approximate surface area is 132 Å². The van der Waals surface area contributed by atoms with Gasteiger partial charge in [-0.25, -0.2) is 9.78 Å². The van der Waals surface area contributed by atoms with Crippen molar-refractivity contribution < 1.29 is 22.7 Å². The van der Waals surface area contributed by atoms with E-state index in [4.69, 9.17) is 0 Å². The van der Waals surface area contributed by atoms with Gasteiger partial charge in [-0.2, -0.15) is 13.2 Å². The predicted octanol–water partition coefficient (Wildman–Crippen LogP) is 2.96. The second-order valence-corrected chi connectivity index (χ2v) is 5.72. The molecule has 0 saturated heterocycles. The lowest BCUT2D eigenvalue weighted by atomic mass is 10.2. The number of carbonyl (C=O) groups excluding carboxylic acids is 1. The Hall–Kier alpha value is -1.99. The molecule has 1 unspecified atom stereocenters. The van der Waals surface area contributed by atoms with Crippen LogP contribution in [0.5, 0.6) is 5.88 Å². The fraction of sp³-hybridized carbons (Fsp3) is 0.600. The Kier molecular flexibility index (Phi) is 5.33.